The molecule has 1 saturated heterocycles. The molecular formula is C23H36N4O6. The molecular weight excluding hydrogens is 428 g/mol. The van der Waals surface area contributed by atoms with Crippen LogP contribution in [0.1, 0.15) is 60.1 Å². The van der Waals surface area contributed by atoms with Crippen LogP contribution in [0.2, 0.25) is 0 Å². The Labute approximate surface area is 195 Å². The number of rotatable bonds is 5. The van der Waals surface area contributed by atoms with E-state index in [9.17, 15) is 19.2 Å². The van der Waals surface area contributed by atoms with Gasteiger partial charge in [0.1, 0.15) is 23.3 Å². The molecule has 0 bridgehead atoms. The molecule has 1 aliphatic heterocycles. The van der Waals surface area contributed by atoms with E-state index in [1.54, 1.807) is 59.9 Å². The number of alkyl carbamates (subject to hydrolysis) is 1. The van der Waals surface area contributed by atoms with Crippen LogP contribution in [0.25, 0.3) is 0 Å². The molecule has 1 aromatic rings. The molecule has 2 N–H and O–H groups in total. The Morgan fingerprint density at radius 3 is 2.30 bits per heavy atom. The van der Waals surface area contributed by atoms with E-state index in [1.807, 2.05) is 0 Å². The van der Waals surface area contributed by atoms with Gasteiger partial charge in [0.25, 0.3) is 0 Å². The number of likely N-dealkylation sites (tertiary alicyclic amines) is 1. The Hall–Kier alpha value is -3.04. The van der Waals surface area contributed by atoms with Gasteiger partial charge >= 0.3 is 12.2 Å². The largest absolute Gasteiger partial charge is 0.444 e. The number of nitrogens with zero attached hydrogens (tertiary/aromatic N) is 2. The average Bonchev–Trinajstić information content (AvgIpc) is 3.32. The summed E-state index contributed by atoms with van der Waals surface area (Å²) in [5, 5.41) is 5.21. The van der Waals surface area contributed by atoms with E-state index < -0.39 is 41.4 Å². The Kier molecular flexibility index (Phi) is 8.16. The number of amides is 3. The summed E-state index contributed by atoms with van der Waals surface area (Å²) in [4.78, 5) is 52.3. The minimum atomic E-state index is -1.04. The number of hydrogen-bond donors (Lipinski definition) is 2. The Morgan fingerprint density at radius 1 is 1.09 bits per heavy atom. The van der Waals surface area contributed by atoms with Crippen LogP contribution in [-0.2, 0) is 25.5 Å². The molecule has 33 heavy (non-hydrogen) atoms. The monoisotopic (exact) mass is 464 g/mol. The number of carbonyl (C=O) groups is 4. The predicted octanol–water partition coefficient (Wildman–Crippen LogP) is 2.44. The van der Waals surface area contributed by atoms with Gasteiger partial charge in [0.2, 0.25) is 11.8 Å². The topological polar surface area (TPSA) is 119 Å². The number of nitrogens with one attached hydrogen (secondary N) is 2. The maximum absolute atomic E-state index is 13.5. The van der Waals surface area contributed by atoms with E-state index in [0.717, 1.165) is 0 Å². The molecule has 0 radical (unpaired) electrons. The average molecular weight is 465 g/mol. The summed E-state index contributed by atoms with van der Waals surface area (Å²) >= 11 is 0. The normalized spacial score (nSPS) is 17.3. The van der Waals surface area contributed by atoms with Gasteiger partial charge in [0.15, 0.2) is 0 Å². The molecule has 0 aromatic carbocycles. The van der Waals surface area contributed by atoms with E-state index in [2.05, 4.69) is 10.6 Å². The summed E-state index contributed by atoms with van der Waals surface area (Å²) in [5.74, 6) is -0.669. The molecule has 1 fully saturated rings. The van der Waals surface area contributed by atoms with Crippen LogP contribution >= 0.6 is 0 Å². The first kappa shape index (κ1) is 26.2. The summed E-state index contributed by atoms with van der Waals surface area (Å²) in [7, 11) is 1.52. The maximum Gasteiger partial charge on any atom is 0.418 e. The van der Waals surface area contributed by atoms with Crippen molar-refractivity contribution in [3.8, 4) is 0 Å². The fourth-order valence-electron chi connectivity index (χ4n) is 3.60. The number of likely N-dealkylation sites (N-methyl/N-ethyl adjacent to an activating group) is 1. The Balaban J connectivity index is 2.30. The van der Waals surface area contributed by atoms with Crippen molar-refractivity contribution in [1.29, 1.82) is 0 Å². The van der Waals surface area contributed by atoms with Crippen molar-refractivity contribution in [2.24, 2.45) is 0 Å². The van der Waals surface area contributed by atoms with Crippen LogP contribution in [0.4, 0.5) is 9.59 Å². The smallest absolute Gasteiger partial charge is 0.418 e. The number of aromatic nitrogens is 1. The molecule has 184 valence electrons. The molecule has 10 heteroatoms. The fourth-order valence-corrected chi connectivity index (χ4v) is 3.60. The summed E-state index contributed by atoms with van der Waals surface area (Å²) in [6.07, 6.45) is 1.43. The first-order valence-electron chi connectivity index (χ1n) is 11.1. The molecule has 0 unspecified atom stereocenters. The van der Waals surface area contributed by atoms with Gasteiger partial charge in [-0.05, 0) is 66.5 Å². The first-order valence-corrected chi connectivity index (χ1v) is 11.1. The highest BCUT2D eigenvalue weighted by molar-refractivity contribution is 5.92. The van der Waals surface area contributed by atoms with E-state index in [-0.39, 0.29) is 12.3 Å². The van der Waals surface area contributed by atoms with Gasteiger partial charge in [-0.2, -0.15) is 0 Å². The maximum atomic E-state index is 13.5. The second kappa shape index (κ2) is 10.3. The molecule has 0 aliphatic carbocycles. The van der Waals surface area contributed by atoms with Crippen molar-refractivity contribution in [2.45, 2.75) is 84.1 Å². The lowest BCUT2D eigenvalue weighted by atomic mass is 10.1. The minimum absolute atomic E-state index is 0.0152. The summed E-state index contributed by atoms with van der Waals surface area (Å²) in [6.45, 7) is 10.8. The minimum Gasteiger partial charge on any atom is -0.444 e. The van der Waals surface area contributed by atoms with Crippen LogP contribution < -0.4 is 10.6 Å². The van der Waals surface area contributed by atoms with Crippen LogP contribution in [0.5, 0.6) is 0 Å². The number of hydrogen-bond acceptors (Lipinski definition) is 6. The van der Waals surface area contributed by atoms with Crippen LogP contribution in [0, 0.1) is 0 Å². The van der Waals surface area contributed by atoms with E-state index in [1.165, 1.54) is 16.5 Å². The van der Waals surface area contributed by atoms with Gasteiger partial charge < -0.3 is 25.0 Å². The van der Waals surface area contributed by atoms with Crippen molar-refractivity contribution < 1.29 is 28.7 Å². The van der Waals surface area contributed by atoms with E-state index >= 15 is 0 Å². The lowest BCUT2D eigenvalue weighted by Gasteiger charge is -2.29. The Bertz CT molecular complexity index is 880. The summed E-state index contributed by atoms with van der Waals surface area (Å²) < 4.78 is 12.1. The quantitative estimate of drug-likeness (QED) is 0.691. The zero-order valence-corrected chi connectivity index (χ0v) is 20.6. The molecule has 10 nitrogen and oxygen atoms in total. The zero-order chi connectivity index (χ0) is 25.0. The van der Waals surface area contributed by atoms with E-state index in [0.29, 0.717) is 25.1 Å². The molecule has 1 aromatic heterocycles. The van der Waals surface area contributed by atoms with Gasteiger partial charge in [0.05, 0.1) is 0 Å². The highest BCUT2D eigenvalue weighted by Gasteiger charge is 2.38. The number of ether oxygens (including phenoxy) is 2. The van der Waals surface area contributed by atoms with Crippen molar-refractivity contribution in [3.05, 3.63) is 24.0 Å². The van der Waals surface area contributed by atoms with Crippen molar-refractivity contribution >= 4 is 24.0 Å². The number of carbonyl (C=O) groups excluding carboxylic acids is 4. The van der Waals surface area contributed by atoms with Gasteiger partial charge in [0, 0.05) is 31.9 Å². The highest BCUT2D eigenvalue weighted by atomic mass is 16.6. The van der Waals surface area contributed by atoms with Crippen LogP contribution in [0.15, 0.2) is 18.3 Å². The second-order valence-electron chi connectivity index (χ2n) is 10.1. The van der Waals surface area contributed by atoms with Crippen molar-refractivity contribution in [3.63, 3.8) is 0 Å². The molecule has 1 aliphatic rings. The SMILES string of the molecule is CNC(=O)[C@@H]1CCCN1C(=O)[C@H](Cc1cccn1C(=O)OC(C)(C)C)NC(=O)OC(C)(C)C. The van der Waals surface area contributed by atoms with E-state index in [4.69, 9.17) is 9.47 Å². The molecule has 2 rings (SSSR count). The molecule has 2 atom stereocenters. The highest BCUT2D eigenvalue weighted by Crippen LogP contribution is 2.21. The third kappa shape index (κ3) is 7.50. The van der Waals surface area contributed by atoms with Crippen LogP contribution in [0.3, 0.4) is 0 Å². The predicted molar refractivity (Wildman–Crippen MR) is 122 cm³/mol. The third-order valence-electron chi connectivity index (χ3n) is 4.91. The summed E-state index contributed by atoms with van der Waals surface area (Å²) in [6, 6.07) is 1.70. The Morgan fingerprint density at radius 2 is 1.73 bits per heavy atom. The second-order valence-corrected chi connectivity index (χ2v) is 10.1. The zero-order valence-electron chi connectivity index (χ0n) is 20.6. The van der Waals surface area contributed by atoms with Gasteiger partial charge in [-0.25, -0.2) is 9.59 Å². The first-order chi connectivity index (χ1) is 15.2. The summed E-state index contributed by atoms with van der Waals surface area (Å²) in [5.41, 5.74) is -0.972. The van der Waals surface area contributed by atoms with Crippen molar-refractivity contribution in [2.75, 3.05) is 13.6 Å². The van der Waals surface area contributed by atoms with Gasteiger partial charge in [-0.1, -0.05) is 0 Å². The van der Waals surface area contributed by atoms with Crippen molar-refractivity contribution in [1.82, 2.24) is 20.1 Å². The molecule has 0 spiro atoms. The third-order valence-corrected chi connectivity index (χ3v) is 4.91. The lowest BCUT2D eigenvalue weighted by Crippen LogP contribution is -2.54. The fraction of sp³-hybridized carbons (Fsp3) is 0.652. The molecule has 3 amide bonds. The molecule has 2 heterocycles. The van der Waals surface area contributed by atoms with Gasteiger partial charge in [-0.15, -0.1) is 0 Å². The molecule has 0 saturated carbocycles. The van der Waals surface area contributed by atoms with Crippen LogP contribution in [-0.4, -0.2) is 70.3 Å². The lowest BCUT2D eigenvalue weighted by molar-refractivity contribution is -0.139. The standard InChI is InChI=1S/C23H36N4O6/c1-22(2,3)32-20(30)25-16(19(29)27-13-9-11-17(27)18(28)24-7)14-15-10-8-12-26(15)21(31)33-23(4,5)6/h8,10,12,16-17H,9,11,13-14H2,1-7H3,(H,24,28)(H,25,30)/t16-,17-/m0/s1. The van der Waals surface area contributed by atoms with Gasteiger partial charge in [-0.3, -0.25) is 14.2 Å².